The van der Waals surface area contributed by atoms with E-state index < -0.39 is 11.6 Å². The number of nitrogens with zero attached hydrogens (tertiary/aromatic N) is 2. The normalized spacial score (nSPS) is 14.3. The molecule has 2 N–H and O–H groups in total. The van der Waals surface area contributed by atoms with Crippen LogP contribution in [-0.4, -0.2) is 47.3 Å². The van der Waals surface area contributed by atoms with Gasteiger partial charge in [0.25, 0.3) is 5.91 Å². The lowest BCUT2D eigenvalue weighted by atomic mass is 9.94. The van der Waals surface area contributed by atoms with E-state index in [-0.39, 0.29) is 30.9 Å². The second-order valence-corrected chi connectivity index (χ2v) is 9.56. The quantitative estimate of drug-likeness (QED) is 0.260. The van der Waals surface area contributed by atoms with Gasteiger partial charge in [0.15, 0.2) is 0 Å². The lowest BCUT2D eigenvalue weighted by molar-refractivity contribution is 0.0596. The molecule has 1 aromatic heterocycles. The van der Waals surface area contributed by atoms with Crippen molar-refractivity contribution in [1.29, 1.82) is 0 Å². The number of carboxylic acids is 1. The van der Waals surface area contributed by atoms with Crippen LogP contribution in [0, 0.1) is 0 Å². The van der Waals surface area contributed by atoms with E-state index in [1.54, 1.807) is 54.7 Å². The van der Waals surface area contributed by atoms with Crippen LogP contribution in [0.2, 0.25) is 0 Å². The fourth-order valence-electron chi connectivity index (χ4n) is 4.36. The first-order chi connectivity index (χ1) is 19.4. The van der Waals surface area contributed by atoms with Gasteiger partial charge in [-0.15, -0.1) is 0 Å². The van der Waals surface area contributed by atoms with Crippen molar-refractivity contribution >= 4 is 23.4 Å². The minimum absolute atomic E-state index is 0.0947. The Morgan fingerprint density at radius 3 is 2.25 bits per heavy atom. The van der Waals surface area contributed by atoms with Gasteiger partial charge in [0, 0.05) is 31.5 Å². The van der Waals surface area contributed by atoms with Gasteiger partial charge in [-0.05, 0) is 66.7 Å². The summed E-state index contributed by atoms with van der Waals surface area (Å²) in [4.78, 5) is 30.3. The maximum absolute atomic E-state index is 15.4. The molecule has 3 aromatic carbocycles. The molecule has 0 unspecified atom stereocenters. The fraction of sp³-hybridized carbons (Fsp3) is 0.194. The number of benzene rings is 3. The van der Waals surface area contributed by atoms with Gasteiger partial charge in [0.2, 0.25) is 0 Å². The third kappa shape index (κ3) is 6.74. The highest BCUT2D eigenvalue weighted by Crippen LogP contribution is 2.30. The number of anilines is 2. The van der Waals surface area contributed by atoms with Crippen molar-refractivity contribution in [3.8, 4) is 17.2 Å². The molecule has 0 spiro atoms. The van der Waals surface area contributed by atoms with E-state index in [9.17, 15) is 9.59 Å². The number of para-hydroxylation sites is 1. The predicted octanol–water partition coefficient (Wildman–Crippen LogP) is 6.21. The Kier molecular flexibility index (Phi) is 7.91. The Labute approximate surface area is 231 Å². The molecule has 1 aliphatic heterocycles. The number of hydrogen-bond donors (Lipinski definition) is 2. The van der Waals surface area contributed by atoms with Crippen molar-refractivity contribution in [2.45, 2.75) is 18.5 Å². The van der Waals surface area contributed by atoms with Gasteiger partial charge >= 0.3 is 5.97 Å². The SMILES string of the molecule is O=C(O)c1cccc(OCC2(F)CCN(c3ccc(NC(=O)c4ccc(Oc5ccccc5)cc4)cn3)CC2)c1. The van der Waals surface area contributed by atoms with Crippen LogP contribution in [-0.2, 0) is 0 Å². The van der Waals surface area contributed by atoms with Gasteiger partial charge in [-0.25, -0.2) is 14.2 Å². The van der Waals surface area contributed by atoms with E-state index in [4.69, 9.17) is 14.6 Å². The standard InChI is InChI=1S/C31H28FN3O5/c32-31(21-39-27-8-4-5-23(19-27)30(37)38)15-17-35(18-16-31)28-14-11-24(20-33-28)34-29(36)22-9-12-26(13-10-22)40-25-6-2-1-3-7-25/h1-14,19-20H,15-18,21H2,(H,34,36)(H,37,38). The molecule has 0 saturated carbocycles. The molecule has 0 aliphatic carbocycles. The molecule has 1 fully saturated rings. The number of hydrogen-bond acceptors (Lipinski definition) is 6. The highest BCUT2D eigenvalue weighted by molar-refractivity contribution is 6.04. The smallest absolute Gasteiger partial charge is 0.335 e. The van der Waals surface area contributed by atoms with Crippen molar-refractivity contribution in [1.82, 2.24) is 4.98 Å². The third-order valence-electron chi connectivity index (χ3n) is 6.66. The number of piperidine rings is 1. The van der Waals surface area contributed by atoms with Gasteiger partial charge in [-0.1, -0.05) is 24.3 Å². The molecule has 0 radical (unpaired) electrons. The molecule has 1 aliphatic rings. The first-order valence-electron chi connectivity index (χ1n) is 12.9. The van der Waals surface area contributed by atoms with Crippen molar-refractivity contribution in [3.05, 3.63) is 108 Å². The Balaban J connectivity index is 1.11. The summed E-state index contributed by atoms with van der Waals surface area (Å²) >= 11 is 0. The van der Waals surface area contributed by atoms with E-state index in [1.807, 2.05) is 35.2 Å². The average Bonchev–Trinajstić information content (AvgIpc) is 2.98. The molecule has 2 heterocycles. The Morgan fingerprint density at radius 1 is 0.875 bits per heavy atom. The van der Waals surface area contributed by atoms with Crippen LogP contribution in [0.3, 0.4) is 0 Å². The van der Waals surface area contributed by atoms with Crippen molar-refractivity contribution in [2.24, 2.45) is 0 Å². The number of amides is 1. The topological polar surface area (TPSA) is 101 Å². The summed E-state index contributed by atoms with van der Waals surface area (Å²) in [5.74, 6) is 1.04. The molecular formula is C31H28FN3O5. The Bertz CT molecular complexity index is 1450. The molecule has 8 nitrogen and oxygen atoms in total. The summed E-state index contributed by atoms with van der Waals surface area (Å²) in [6.07, 6.45) is 2.07. The van der Waals surface area contributed by atoms with Crippen LogP contribution >= 0.6 is 0 Å². The monoisotopic (exact) mass is 541 g/mol. The molecule has 204 valence electrons. The highest BCUT2D eigenvalue weighted by atomic mass is 19.1. The summed E-state index contributed by atoms with van der Waals surface area (Å²) in [6.45, 7) is 0.748. The van der Waals surface area contributed by atoms with Crippen LogP contribution in [0.25, 0.3) is 0 Å². The van der Waals surface area contributed by atoms with Gasteiger partial charge in [0.1, 0.15) is 35.3 Å². The molecule has 0 atom stereocenters. The summed E-state index contributed by atoms with van der Waals surface area (Å²) in [6, 6.07) is 25.9. The van der Waals surface area contributed by atoms with E-state index >= 15 is 4.39 Å². The number of aromatic nitrogens is 1. The highest BCUT2D eigenvalue weighted by Gasteiger charge is 2.36. The maximum Gasteiger partial charge on any atom is 0.335 e. The van der Waals surface area contributed by atoms with Gasteiger partial charge in [-0.2, -0.15) is 0 Å². The number of rotatable bonds is 9. The Morgan fingerprint density at radius 2 is 1.57 bits per heavy atom. The minimum atomic E-state index is -1.52. The maximum atomic E-state index is 15.4. The summed E-state index contributed by atoms with van der Waals surface area (Å²) < 4.78 is 26.7. The first kappa shape index (κ1) is 26.7. The zero-order valence-electron chi connectivity index (χ0n) is 21.6. The number of aromatic carboxylic acids is 1. The number of ether oxygens (including phenoxy) is 2. The average molecular weight is 542 g/mol. The van der Waals surface area contributed by atoms with E-state index in [1.165, 1.54) is 12.1 Å². The van der Waals surface area contributed by atoms with Crippen LogP contribution in [0.5, 0.6) is 17.2 Å². The van der Waals surface area contributed by atoms with Crippen molar-refractivity contribution < 1.29 is 28.6 Å². The number of carbonyl (C=O) groups excluding carboxylic acids is 1. The van der Waals surface area contributed by atoms with Gasteiger partial charge in [-0.3, -0.25) is 4.79 Å². The molecule has 4 aromatic rings. The number of pyridine rings is 1. The molecule has 0 bridgehead atoms. The minimum Gasteiger partial charge on any atom is -0.490 e. The molecular weight excluding hydrogens is 513 g/mol. The largest absolute Gasteiger partial charge is 0.490 e. The number of alkyl halides is 1. The van der Waals surface area contributed by atoms with E-state index in [0.717, 1.165) is 0 Å². The number of carbonyl (C=O) groups is 2. The molecule has 1 amide bonds. The van der Waals surface area contributed by atoms with Gasteiger partial charge in [0.05, 0.1) is 17.4 Å². The predicted molar refractivity (Wildman–Crippen MR) is 149 cm³/mol. The second-order valence-electron chi connectivity index (χ2n) is 9.56. The third-order valence-corrected chi connectivity index (χ3v) is 6.66. The number of halogens is 1. The number of carboxylic acid groups (broad SMARTS) is 1. The van der Waals surface area contributed by atoms with Crippen LogP contribution in [0.4, 0.5) is 15.9 Å². The molecule has 5 rings (SSSR count). The molecule has 9 heteroatoms. The van der Waals surface area contributed by atoms with Crippen LogP contribution in [0.1, 0.15) is 33.6 Å². The zero-order chi connectivity index (χ0) is 28.0. The Hall–Kier alpha value is -4.92. The molecule has 1 saturated heterocycles. The summed E-state index contributed by atoms with van der Waals surface area (Å²) in [5.41, 5.74) is -0.396. The van der Waals surface area contributed by atoms with Gasteiger partial charge < -0.3 is 24.8 Å². The zero-order valence-corrected chi connectivity index (χ0v) is 21.6. The summed E-state index contributed by atoms with van der Waals surface area (Å²) in [5, 5.41) is 12.0. The molecule has 40 heavy (non-hydrogen) atoms. The van der Waals surface area contributed by atoms with Crippen LogP contribution < -0.4 is 19.7 Å². The number of nitrogens with one attached hydrogen (secondary N) is 1. The second kappa shape index (κ2) is 11.9. The summed E-state index contributed by atoms with van der Waals surface area (Å²) in [7, 11) is 0. The fourth-order valence-corrected chi connectivity index (χ4v) is 4.36. The lowest BCUT2D eigenvalue weighted by Crippen LogP contribution is -2.45. The van der Waals surface area contributed by atoms with E-state index in [0.29, 0.717) is 47.4 Å². The van der Waals surface area contributed by atoms with Crippen molar-refractivity contribution in [3.63, 3.8) is 0 Å². The lowest BCUT2D eigenvalue weighted by Gasteiger charge is -2.36. The van der Waals surface area contributed by atoms with Crippen LogP contribution in [0.15, 0.2) is 97.2 Å². The van der Waals surface area contributed by atoms with Crippen molar-refractivity contribution in [2.75, 3.05) is 29.9 Å². The first-order valence-corrected chi connectivity index (χ1v) is 12.9. The van der Waals surface area contributed by atoms with E-state index in [2.05, 4.69) is 10.3 Å².